The molecule has 0 saturated heterocycles. The number of carbonyl (C=O) groups excluding carboxylic acids is 2. The first kappa shape index (κ1) is 23.0. The van der Waals surface area contributed by atoms with E-state index in [1.54, 1.807) is 47.2 Å². The number of nitrogens with zero attached hydrogens (tertiary/aromatic N) is 6. The molecule has 5 aromatic rings. The zero-order chi connectivity index (χ0) is 26.0. The van der Waals surface area contributed by atoms with Crippen LogP contribution in [0, 0.1) is 25.6 Å². The van der Waals surface area contributed by atoms with Crippen LogP contribution in [-0.2, 0) is 0 Å². The topological polar surface area (TPSA) is 85.4 Å². The molecule has 186 valence electrons. The number of aryl methyl sites for hydroxylation is 1. The molecule has 1 aliphatic rings. The van der Waals surface area contributed by atoms with Crippen LogP contribution in [0.1, 0.15) is 64.1 Å². The maximum atomic E-state index is 13.6. The van der Waals surface area contributed by atoms with Crippen LogP contribution >= 0.6 is 0 Å². The molecule has 0 spiro atoms. The number of aromatic nitrogens is 5. The minimum absolute atomic E-state index is 0.183. The Labute approximate surface area is 212 Å². The van der Waals surface area contributed by atoms with E-state index in [1.165, 1.54) is 17.0 Å². The molecule has 1 aliphatic heterocycles. The number of benzene rings is 2. The highest BCUT2D eigenvalue weighted by atomic mass is 19.1. The summed E-state index contributed by atoms with van der Waals surface area (Å²) in [5, 5.41) is 5.51. The molecule has 0 radical (unpaired) electrons. The van der Waals surface area contributed by atoms with Crippen molar-refractivity contribution in [1.29, 1.82) is 0 Å². The Morgan fingerprint density at radius 2 is 1.57 bits per heavy atom. The summed E-state index contributed by atoms with van der Waals surface area (Å²) in [6.45, 7) is 8.05. The van der Waals surface area contributed by atoms with Gasteiger partial charge in [0.25, 0.3) is 11.8 Å². The van der Waals surface area contributed by atoms with Gasteiger partial charge in [0.1, 0.15) is 18.2 Å². The fourth-order valence-corrected chi connectivity index (χ4v) is 5.19. The van der Waals surface area contributed by atoms with E-state index in [2.05, 4.69) is 4.98 Å². The predicted molar refractivity (Wildman–Crippen MR) is 136 cm³/mol. The highest BCUT2D eigenvalue weighted by Gasteiger charge is 2.42. The van der Waals surface area contributed by atoms with E-state index in [-0.39, 0.29) is 23.5 Å². The molecule has 8 nitrogen and oxygen atoms in total. The van der Waals surface area contributed by atoms with Crippen molar-refractivity contribution in [3.05, 3.63) is 88.9 Å². The van der Waals surface area contributed by atoms with Crippen LogP contribution in [0.25, 0.3) is 22.4 Å². The molecular weight excluding hydrogens is 471 g/mol. The molecule has 6 rings (SSSR count). The van der Waals surface area contributed by atoms with Crippen molar-refractivity contribution < 1.29 is 14.0 Å². The molecular formula is C28H25FN6O2. The van der Waals surface area contributed by atoms with Gasteiger partial charge in [0.15, 0.2) is 17.1 Å². The smallest absolute Gasteiger partial charge is 0.262 e. The Hall–Kier alpha value is -4.40. The van der Waals surface area contributed by atoms with Crippen molar-refractivity contribution in [2.45, 2.75) is 40.2 Å². The molecule has 37 heavy (non-hydrogen) atoms. The molecule has 3 aromatic heterocycles. The summed E-state index contributed by atoms with van der Waals surface area (Å²) in [5.74, 6) is -0.395. The second-order valence-electron chi connectivity index (χ2n) is 9.87. The first-order valence-electron chi connectivity index (χ1n) is 12.2. The Bertz CT molecular complexity index is 1680. The van der Waals surface area contributed by atoms with E-state index in [0.29, 0.717) is 34.7 Å². The first-order chi connectivity index (χ1) is 17.8. The Kier molecular flexibility index (Phi) is 5.18. The molecule has 2 aromatic carbocycles. The lowest BCUT2D eigenvalue weighted by Gasteiger charge is -2.25. The SMILES string of the molecule is Cc1c(C)n(-c2ccc(F)cc2)c2ncn3nc([C@@H](CC(C)C)N4C(=O)c5ccccc5C4=O)nc3c12. The third-order valence-corrected chi connectivity index (χ3v) is 7.06. The van der Waals surface area contributed by atoms with Gasteiger partial charge in [-0.2, -0.15) is 0 Å². The van der Waals surface area contributed by atoms with E-state index in [4.69, 9.17) is 10.1 Å². The van der Waals surface area contributed by atoms with Gasteiger partial charge in [-0.15, -0.1) is 5.10 Å². The number of hydrogen-bond donors (Lipinski definition) is 0. The van der Waals surface area contributed by atoms with Crippen LogP contribution in [0.3, 0.4) is 0 Å². The highest BCUT2D eigenvalue weighted by molar-refractivity contribution is 6.21. The summed E-state index contributed by atoms with van der Waals surface area (Å²) in [6.07, 6.45) is 2.11. The number of carbonyl (C=O) groups is 2. The summed E-state index contributed by atoms with van der Waals surface area (Å²) in [5.41, 5.74) is 4.77. The molecule has 0 aliphatic carbocycles. The molecule has 0 saturated carbocycles. The second-order valence-corrected chi connectivity index (χ2v) is 9.87. The monoisotopic (exact) mass is 496 g/mol. The number of amides is 2. The minimum Gasteiger partial charge on any atom is -0.298 e. The van der Waals surface area contributed by atoms with Gasteiger partial charge < -0.3 is 0 Å². The lowest BCUT2D eigenvalue weighted by molar-refractivity contribution is 0.0555. The van der Waals surface area contributed by atoms with Crippen molar-refractivity contribution >= 4 is 28.5 Å². The van der Waals surface area contributed by atoms with E-state index in [1.807, 2.05) is 32.3 Å². The number of fused-ring (bicyclic) bond motifs is 4. The summed E-state index contributed by atoms with van der Waals surface area (Å²) < 4.78 is 17.1. The van der Waals surface area contributed by atoms with Gasteiger partial charge in [0.05, 0.1) is 16.5 Å². The maximum absolute atomic E-state index is 13.6. The van der Waals surface area contributed by atoms with Gasteiger partial charge in [-0.1, -0.05) is 26.0 Å². The Morgan fingerprint density at radius 3 is 2.19 bits per heavy atom. The number of imide groups is 1. The van der Waals surface area contributed by atoms with Crippen molar-refractivity contribution in [3.8, 4) is 5.69 Å². The van der Waals surface area contributed by atoms with Crippen LogP contribution in [0.2, 0.25) is 0 Å². The van der Waals surface area contributed by atoms with Crippen molar-refractivity contribution in [3.63, 3.8) is 0 Å². The number of hydrogen-bond acceptors (Lipinski definition) is 5. The molecule has 2 amide bonds. The van der Waals surface area contributed by atoms with E-state index in [9.17, 15) is 14.0 Å². The zero-order valence-electron chi connectivity index (χ0n) is 20.9. The van der Waals surface area contributed by atoms with Gasteiger partial charge >= 0.3 is 0 Å². The first-order valence-corrected chi connectivity index (χ1v) is 12.2. The summed E-state index contributed by atoms with van der Waals surface area (Å²) >= 11 is 0. The largest absolute Gasteiger partial charge is 0.298 e. The third-order valence-electron chi connectivity index (χ3n) is 7.06. The van der Waals surface area contributed by atoms with E-state index >= 15 is 0 Å². The highest BCUT2D eigenvalue weighted by Crippen LogP contribution is 2.36. The van der Waals surface area contributed by atoms with Gasteiger partial charge in [-0.25, -0.2) is 18.9 Å². The molecule has 4 heterocycles. The molecule has 1 atom stereocenters. The van der Waals surface area contributed by atoms with Crippen LogP contribution in [-0.4, -0.2) is 40.9 Å². The average Bonchev–Trinajstić information content (AvgIpc) is 3.50. The summed E-state index contributed by atoms with van der Waals surface area (Å²) in [7, 11) is 0. The standard InChI is InChI=1S/C28H25FN6O2/c1-15(2)13-22(35-27(36)20-7-5-6-8-21(20)28(35)37)24-31-26-23-16(3)17(4)34(19-11-9-18(29)10-12-19)25(23)30-14-33(26)32-24/h5-12,14-15,22H,13H2,1-4H3/t22-/m1/s1. The van der Waals surface area contributed by atoms with Crippen LogP contribution in [0.15, 0.2) is 54.9 Å². The lowest BCUT2D eigenvalue weighted by Crippen LogP contribution is -2.35. The third kappa shape index (κ3) is 3.45. The maximum Gasteiger partial charge on any atom is 0.262 e. The fourth-order valence-electron chi connectivity index (χ4n) is 5.19. The minimum atomic E-state index is -0.622. The number of rotatable bonds is 5. The van der Waals surface area contributed by atoms with Crippen LogP contribution < -0.4 is 0 Å². The van der Waals surface area contributed by atoms with Gasteiger partial charge in [0.2, 0.25) is 0 Å². The normalized spacial score (nSPS) is 14.4. The van der Waals surface area contributed by atoms with Crippen LogP contribution in [0.5, 0.6) is 0 Å². The van der Waals surface area contributed by atoms with Gasteiger partial charge in [-0.3, -0.25) is 19.1 Å². The van der Waals surface area contributed by atoms with E-state index < -0.39 is 6.04 Å². The second kappa shape index (κ2) is 8.33. The van der Waals surface area contributed by atoms with E-state index in [0.717, 1.165) is 22.3 Å². The Morgan fingerprint density at radius 1 is 0.919 bits per heavy atom. The van der Waals surface area contributed by atoms with Gasteiger partial charge in [-0.05, 0) is 68.1 Å². The van der Waals surface area contributed by atoms with Crippen molar-refractivity contribution in [2.24, 2.45) is 5.92 Å². The molecule has 0 fully saturated rings. The molecule has 0 unspecified atom stereocenters. The number of halogens is 1. The molecule has 0 bridgehead atoms. The van der Waals surface area contributed by atoms with Gasteiger partial charge in [0, 0.05) is 11.4 Å². The van der Waals surface area contributed by atoms with Crippen LogP contribution in [0.4, 0.5) is 4.39 Å². The quantitative estimate of drug-likeness (QED) is 0.312. The van der Waals surface area contributed by atoms with Crippen molar-refractivity contribution in [2.75, 3.05) is 0 Å². The lowest BCUT2D eigenvalue weighted by atomic mass is 10.0. The molecule has 9 heteroatoms. The van der Waals surface area contributed by atoms with Crippen molar-refractivity contribution in [1.82, 2.24) is 29.0 Å². The zero-order valence-corrected chi connectivity index (χ0v) is 20.9. The Balaban J connectivity index is 1.52. The fraction of sp³-hybridized carbons (Fsp3) is 0.250. The summed E-state index contributed by atoms with van der Waals surface area (Å²) in [6, 6.07) is 12.5. The predicted octanol–water partition coefficient (Wildman–Crippen LogP) is 5.21. The molecule has 0 N–H and O–H groups in total. The summed E-state index contributed by atoms with van der Waals surface area (Å²) in [4.78, 5) is 37.5. The average molecular weight is 497 g/mol.